The first kappa shape index (κ1) is 14.1. The maximum Gasteiger partial charge on any atom is 0.141 e. The van der Waals surface area contributed by atoms with Gasteiger partial charge in [0.05, 0.1) is 17.3 Å². The minimum atomic E-state index is 0.515. The number of fused-ring (bicyclic) bond motifs is 1. The fourth-order valence-electron chi connectivity index (χ4n) is 3.34. The predicted octanol–water partition coefficient (Wildman–Crippen LogP) is 2.51. The van der Waals surface area contributed by atoms with Gasteiger partial charge >= 0.3 is 0 Å². The molecule has 1 atom stereocenters. The van der Waals surface area contributed by atoms with Crippen LogP contribution in [0.4, 0.5) is 0 Å². The maximum absolute atomic E-state index is 4.61. The first-order valence-electron chi connectivity index (χ1n) is 7.94. The molecule has 3 heterocycles. The van der Waals surface area contributed by atoms with E-state index in [0.29, 0.717) is 6.04 Å². The smallest absolute Gasteiger partial charge is 0.141 e. The van der Waals surface area contributed by atoms with Crippen LogP contribution in [-0.4, -0.2) is 37.8 Å². The third-order valence-corrected chi connectivity index (χ3v) is 4.57. The van der Waals surface area contributed by atoms with Crippen molar-refractivity contribution in [2.75, 3.05) is 7.05 Å². The van der Waals surface area contributed by atoms with Crippen molar-refractivity contribution in [2.45, 2.75) is 25.3 Å². The molecule has 1 aliphatic rings. The number of hydrogen-bond acceptors (Lipinski definition) is 4. The van der Waals surface area contributed by atoms with E-state index in [9.17, 15) is 0 Å². The van der Waals surface area contributed by atoms with Crippen LogP contribution in [-0.2, 0) is 7.05 Å². The summed E-state index contributed by atoms with van der Waals surface area (Å²) in [4.78, 5) is 12.3. The zero-order chi connectivity index (χ0) is 15.8. The Morgan fingerprint density at radius 3 is 3.04 bits per heavy atom. The second-order valence-electron chi connectivity index (χ2n) is 6.05. The molecule has 0 radical (unpaired) electrons. The molecule has 6 nitrogen and oxygen atoms in total. The van der Waals surface area contributed by atoms with E-state index in [2.05, 4.69) is 31.4 Å². The Hall–Kier alpha value is -2.47. The number of aromatic nitrogens is 5. The highest BCUT2D eigenvalue weighted by Crippen LogP contribution is 2.35. The van der Waals surface area contributed by atoms with Crippen molar-refractivity contribution in [2.24, 2.45) is 7.05 Å². The molecule has 0 aromatic carbocycles. The van der Waals surface area contributed by atoms with Gasteiger partial charge in [0.15, 0.2) is 0 Å². The summed E-state index contributed by atoms with van der Waals surface area (Å²) in [5.41, 5.74) is 5.40. The van der Waals surface area contributed by atoms with Crippen molar-refractivity contribution >= 4 is 16.6 Å². The number of rotatable bonds is 3. The van der Waals surface area contributed by atoms with E-state index in [1.807, 2.05) is 37.4 Å². The van der Waals surface area contributed by atoms with Gasteiger partial charge in [-0.05, 0) is 31.9 Å². The highest BCUT2D eigenvalue weighted by atomic mass is 15.2. The Morgan fingerprint density at radius 1 is 1.35 bits per heavy atom. The molecule has 2 N–H and O–H groups in total. The molecule has 0 bridgehead atoms. The first-order valence-corrected chi connectivity index (χ1v) is 7.94. The summed E-state index contributed by atoms with van der Waals surface area (Å²) in [6.45, 7) is 0. The van der Waals surface area contributed by atoms with E-state index in [-0.39, 0.29) is 0 Å². The molecule has 4 rings (SSSR count). The first-order chi connectivity index (χ1) is 11.3. The van der Waals surface area contributed by atoms with Crippen LogP contribution in [0.15, 0.2) is 31.0 Å². The Labute approximate surface area is 134 Å². The standard InChI is InChI=1S/C17H20N6/c1-18-13-5-3-4-11(6-13)16-15-14(12-7-22-23(2)9-12)8-19-17(15)21-10-20-16/h4,7-10,13,18H,3,5-6H2,1-2H3,(H,19,20,21). The second kappa shape index (κ2) is 5.62. The van der Waals surface area contributed by atoms with Crippen molar-refractivity contribution in [3.05, 3.63) is 36.7 Å². The lowest BCUT2D eigenvalue weighted by atomic mass is 9.91. The molecule has 0 saturated carbocycles. The van der Waals surface area contributed by atoms with Crippen LogP contribution in [0, 0.1) is 0 Å². The summed E-state index contributed by atoms with van der Waals surface area (Å²) in [5.74, 6) is 0. The van der Waals surface area contributed by atoms with Gasteiger partial charge in [0.1, 0.15) is 12.0 Å². The van der Waals surface area contributed by atoms with Gasteiger partial charge in [0.25, 0.3) is 0 Å². The molecular weight excluding hydrogens is 288 g/mol. The summed E-state index contributed by atoms with van der Waals surface area (Å²) >= 11 is 0. The van der Waals surface area contributed by atoms with Crippen molar-refractivity contribution in [3.63, 3.8) is 0 Å². The van der Waals surface area contributed by atoms with Gasteiger partial charge in [0, 0.05) is 36.6 Å². The molecule has 23 heavy (non-hydrogen) atoms. The SMILES string of the molecule is CNC1CCC=C(c2ncnc3[nH]cc(-c4cnn(C)c4)c23)C1. The summed E-state index contributed by atoms with van der Waals surface area (Å²) in [6, 6.07) is 0.515. The van der Waals surface area contributed by atoms with Crippen molar-refractivity contribution in [3.8, 4) is 11.1 Å². The van der Waals surface area contributed by atoms with Gasteiger partial charge < -0.3 is 10.3 Å². The molecular formula is C17H20N6. The topological polar surface area (TPSA) is 71.4 Å². The lowest BCUT2D eigenvalue weighted by molar-refractivity contribution is 0.524. The van der Waals surface area contributed by atoms with E-state index in [4.69, 9.17) is 0 Å². The molecule has 0 fully saturated rings. The number of nitrogens with zero attached hydrogens (tertiary/aromatic N) is 4. The van der Waals surface area contributed by atoms with Crippen LogP contribution < -0.4 is 5.32 Å². The molecule has 6 heteroatoms. The summed E-state index contributed by atoms with van der Waals surface area (Å²) in [7, 11) is 3.96. The summed E-state index contributed by atoms with van der Waals surface area (Å²) < 4.78 is 1.81. The van der Waals surface area contributed by atoms with Crippen molar-refractivity contribution < 1.29 is 0 Å². The molecule has 1 unspecified atom stereocenters. The van der Waals surface area contributed by atoms with Crippen LogP contribution in [0.5, 0.6) is 0 Å². The number of nitrogens with one attached hydrogen (secondary N) is 2. The lowest BCUT2D eigenvalue weighted by Crippen LogP contribution is -2.27. The lowest BCUT2D eigenvalue weighted by Gasteiger charge is -2.22. The minimum Gasteiger partial charge on any atom is -0.345 e. The Balaban J connectivity index is 1.87. The zero-order valence-electron chi connectivity index (χ0n) is 13.4. The molecule has 0 amide bonds. The predicted molar refractivity (Wildman–Crippen MR) is 90.8 cm³/mol. The van der Waals surface area contributed by atoms with Crippen LogP contribution in [0.3, 0.4) is 0 Å². The molecule has 0 spiro atoms. The summed E-state index contributed by atoms with van der Waals surface area (Å²) in [5, 5.41) is 8.76. The van der Waals surface area contributed by atoms with Crippen LogP contribution in [0.2, 0.25) is 0 Å². The molecule has 3 aromatic heterocycles. The highest BCUT2D eigenvalue weighted by molar-refractivity contribution is 6.00. The van der Waals surface area contributed by atoms with Crippen molar-refractivity contribution in [1.82, 2.24) is 30.0 Å². The van der Waals surface area contributed by atoms with Gasteiger partial charge in [-0.3, -0.25) is 4.68 Å². The van der Waals surface area contributed by atoms with Crippen LogP contribution in [0.25, 0.3) is 27.7 Å². The molecule has 1 aliphatic carbocycles. The highest BCUT2D eigenvalue weighted by Gasteiger charge is 2.20. The third-order valence-electron chi connectivity index (χ3n) is 4.57. The fraction of sp³-hybridized carbons (Fsp3) is 0.353. The van der Waals surface area contributed by atoms with E-state index >= 15 is 0 Å². The monoisotopic (exact) mass is 308 g/mol. The van der Waals surface area contributed by atoms with E-state index in [1.165, 1.54) is 12.0 Å². The number of hydrogen-bond donors (Lipinski definition) is 2. The van der Waals surface area contributed by atoms with Crippen molar-refractivity contribution in [1.29, 1.82) is 0 Å². The minimum absolute atomic E-state index is 0.515. The Bertz CT molecular complexity index is 872. The molecule has 118 valence electrons. The number of aromatic amines is 1. The quantitative estimate of drug-likeness (QED) is 0.780. The number of allylic oxidation sites excluding steroid dienone is 1. The van der Waals surface area contributed by atoms with Gasteiger partial charge in [0.2, 0.25) is 0 Å². The zero-order valence-corrected chi connectivity index (χ0v) is 13.4. The summed E-state index contributed by atoms with van der Waals surface area (Å²) in [6.07, 6.45) is 13.1. The molecule has 3 aromatic rings. The Morgan fingerprint density at radius 2 is 2.26 bits per heavy atom. The van der Waals surface area contributed by atoms with E-state index in [1.54, 1.807) is 6.33 Å². The fourth-order valence-corrected chi connectivity index (χ4v) is 3.34. The van der Waals surface area contributed by atoms with Gasteiger partial charge in [-0.25, -0.2) is 9.97 Å². The number of H-pyrrole nitrogens is 1. The largest absolute Gasteiger partial charge is 0.345 e. The number of aryl methyl sites for hydroxylation is 1. The average molecular weight is 308 g/mol. The molecule has 0 aliphatic heterocycles. The normalized spacial score (nSPS) is 18.3. The van der Waals surface area contributed by atoms with E-state index < -0.39 is 0 Å². The molecule has 0 saturated heterocycles. The van der Waals surface area contributed by atoms with Gasteiger partial charge in [-0.2, -0.15) is 5.10 Å². The second-order valence-corrected chi connectivity index (χ2v) is 6.05. The van der Waals surface area contributed by atoms with Crippen LogP contribution in [0.1, 0.15) is 25.0 Å². The van der Waals surface area contributed by atoms with Crippen LogP contribution >= 0.6 is 0 Å². The third kappa shape index (κ3) is 2.45. The Kier molecular flexibility index (Phi) is 3.46. The maximum atomic E-state index is 4.61. The van der Waals surface area contributed by atoms with E-state index in [0.717, 1.165) is 40.7 Å². The van der Waals surface area contributed by atoms with Gasteiger partial charge in [-0.1, -0.05) is 6.08 Å². The van der Waals surface area contributed by atoms with Gasteiger partial charge in [-0.15, -0.1) is 0 Å². The average Bonchev–Trinajstić information content (AvgIpc) is 3.20.